The van der Waals surface area contributed by atoms with Crippen molar-refractivity contribution in [2.75, 3.05) is 36.7 Å². The monoisotopic (exact) mass is 490 g/mol. The molecule has 14 heteroatoms. The zero-order chi connectivity index (χ0) is 24.5. The second kappa shape index (κ2) is 9.31. The molecular formula is C21H21F3N8O3. The lowest BCUT2D eigenvalue weighted by atomic mass is 10.1. The first-order valence-corrected chi connectivity index (χ1v) is 10.7. The van der Waals surface area contributed by atoms with Crippen LogP contribution >= 0.6 is 0 Å². The summed E-state index contributed by atoms with van der Waals surface area (Å²) in [7, 11) is 0. The maximum atomic E-state index is 15.4. The number of aliphatic hydroxyl groups is 1. The number of hydrogen-bond donors (Lipinski definition) is 3. The number of amides is 1. The Hall–Kier alpha value is -4.04. The average Bonchev–Trinajstić information content (AvgIpc) is 3.46. The summed E-state index contributed by atoms with van der Waals surface area (Å²) in [4.78, 5) is 17.5. The van der Waals surface area contributed by atoms with Crippen LogP contribution in [-0.2, 0) is 22.6 Å². The van der Waals surface area contributed by atoms with E-state index in [0.29, 0.717) is 29.7 Å². The number of hydrazine groups is 2. The molecule has 2 aromatic rings. The van der Waals surface area contributed by atoms with E-state index in [1.807, 2.05) is 0 Å². The fraction of sp³-hybridized carbons (Fsp3) is 0.286. The van der Waals surface area contributed by atoms with E-state index in [2.05, 4.69) is 20.9 Å². The Labute approximate surface area is 197 Å². The number of halogens is 3. The molecule has 0 aliphatic carbocycles. The molecule has 0 atom stereocenters. The summed E-state index contributed by atoms with van der Waals surface area (Å²) >= 11 is 0. The molecule has 1 amide bonds. The lowest BCUT2D eigenvalue weighted by molar-refractivity contribution is -0.125. The number of nitrogens with zero attached hydrogens (tertiary/aromatic N) is 6. The molecule has 5 rings (SSSR count). The Morgan fingerprint density at radius 2 is 2.11 bits per heavy atom. The zero-order valence-corrected chi connectivity index (χ0v) is 18.3. The van der Waals surface area contributed by atoms with Gasteiger partial charge in [0.05, 0.1) is 55.6 Å². The Bertz CT molecular complexity index is 1240. The van der Waals surface area contributed by atoms with Crippen LogP contribution < -0.4 is 15.8 Å². The first kappa shape index (κ1) is 22.7. The van der Waals surface area contributed by atoms with E-state index in [1.165, 1.54) is 16.4 Å². The third-order valence-corrected chi connectivity index (χ3v) is 5.53. The van der Waals surface area contributed by atoms with E-state index in [1.54, 1.807) is 29.5 Å². The molecule has 0 saturated carbocycles. The number of aliphatic hydroxyl groups excluding tert-OH is 1. The lowest BCUT2D eigenvalue weighted by Crippen LogP contribution is -2.42. The third kappa shape index (κ3) is 4.40. The van der Waals surface area contributed by atoms with Crippen molar-refractivity contribution in [3.8, 4) is 0 Å². The number of morpholine rings is 1. The van der Waals surface area contributed by atoms with Crippen molar-refractivity contribution in [3.05, 3.63) is 65.3 Å². The highest BCUT2D eigenvalue weighted by Gasteiger charge is 2.31. The summed E-state index contributed by atoms with van der Waals surface area (Å²) < 4.78 is 51.1. The van der Waals surface area contributed by atoms with E-state index in [4.69, 9.17) is 9.84 Å². The van der Waals surface area contributed by atoms with Crippen LogP contribution in [0.3, 0.4) is 0 Å². The summed E-state index contributed by atoms with van der Waals surface area (Å²) in [5, 5.41) is 16.0. The molecule has 184 valence electrons. The molecule has 3 aliphatic rings. The van der Waals surface area contributed by atoms with Crippen LogP contribution in [0.25, 0.3) is 0 Å². The predicted molar refractivity (Wildman–Crippen MR) is 118 cm³/mol. The Morgan fingerprint density at radius 3 is 2.91 bits per heavy atom. The average molecular weight is 490 g/mol. The largest absolute Gasteiger partial charge is 0.394 e. The normalized spacial score (nSPS) is 17.4. The molecule has 35 heavy (non-hydrogen) atoms. The van der Waals surface area contributed by atoms with E-state index >= 15 is 4.39 Å². The van der Waals surface area contributed by atoms with Crippen molar-refractivity contribution in [1.82, 2.24) is 25.2 Å². The first-order valence-electron chi connectivity index (χ1n) is 10.7. The molecule has 1 aromatic carbocycles. The Kier molecular flexibility index (Phi) is 6.05. The number of nitrogens with one attached hydrogen (secondary N) is 2. The SMILES string of the molecule is O=C1COCCN1c1cc(F)c(F)c(CN2NC=C3N=CN(Nc4cnn(CCO)c4)C=C32)c1F. The van der Waals surface area contributed by atoms with Gasteiger partial charge in [-0.1, -0.05) is 0 Å². The lowest BCUT2D eigenvalue weighted by Gasteiger charge is -2.29. The van der Waals surface area contributed by atoms with Gasteiger partial charge in [-0.15, -0.1) is 0 Å². The second-order valence-electron chi connectivity index (χ2n) is 7.82. The van der Waals surface area contributed by atoms with Crippen molar-refractivity contribution in [2.45, 2.75) is 13.1 Å². The summed E-state index contributed by atoms with van der Waals surface area (Å²) in [6.45, 7) is -0.174. The van der Waals surface area contributed by atoms with Gasteiger partial charge in [-0.25, -0.2) is 23.2 Å². The van der Waals surface area contributed by atoms with Crippen LogP contribution in [0.1, 0.15) is 5.56 Å². The van der Waals surface area contributed by atoms with Gasteiger partial charge in [0.15, 0.2) is 17.5 Å². The van der Waals surface area contributed by atoms with Gasteiger partial charge in [0.2, 0.25) is 0 Å². The van der Waals surface area contributed by atoms with Crippen molar-refractivity contribution in [1.29, 1.82) is 0 Å². The van der Waals surface area contributed by atoms with Crippen molar-refractivity contribution in [2.24, 2.45) is 4.99 Å². The van der Waals surface area contributed by atoms with Crippen molar-refractivity contribution in [3.63, 3.8) is 0 Å². The van der Waals surface area contributed by atoms with Crippen LogP contribution in [0.2, 0.25) is 0 Å². The van der Waals surface area contributed by atoms with Crippen LogP contribution in [-0.4, -0.2) is 63.5 Å². The molecule has 3 aliphatic heterocycles. The minimum atomic E-state index is -1.34. The van der Waals surface area contributed by atoms with E-state index in [9.17, 15) is 13.6 Å². The van der Waals surface area contributed by atoms with Crippen LogP contribution in [0.5, 0.6) is 0 Å². The Balaban J connectivity index is 1.38. The van der Waals surface area contributed by atoms with E-state index < -0.39 is 28.9 Å². The molecule has 0 unspecified atom stereocenters. The predicted octanol–water partition coefficient (Wildman–Crippen LogP) is 1.03. The smallest absolute Gasteiger partial charge is 0.253 e. The maximum absolute atomic E-state index is 15.4. The minimum absolute atomic E-state index is 0.0311. The molecule has 0 radical (unpaired) electrons. The highest BCUT2D eigenvalue weighted by molar-refractivity contribution is 5.95. The first-order chi connectivity index (χ1) is 16.9. The van der Waals surface area contributed by atoms with Crippen LogP contribution in [0.4, 0.5) is 24.5 Å². The highest BCUT2D eigenvalue weighted by atomic mass is 19.2. The molecule has 1 saturated heterocycles. The van der Waals surface area contributed by atoms with Crippen molar-refractivity contribution < 1.29 is 27.8 Å². The molecule has 1 fully saturated rings. The molecular weight excluding hydrogens is 469 g/mol. The summed E-state index contributed by atoms with van der Waals surface area (Å²) in [6.07, 6.45) is 7.91. The Morgan fingerprint density at radius 1 is 1.26 bits per heavy atom. The van der Waals surface area contributed by atoms with Crippen LogP contribution in [0.15, 0.2) is 47.2 Å². The number of hydrogen-bond acceptors (Lipinski definition) is 9. The fourth-order valence-corrected chi connectivity index (χ4v) is 3.84. The summed E-state index contributed by atoms with van der Waals surface area (Å²) in [5.41, 5.74) is 6.62. The summed E-state index contributed by atoms with van der Waals surface area (Å²) in [6, 6.07) is 0.686. The van der Waals surface area contributed by atoms with Gasteiger partial charge < -0.3 is 20.2 Å². The number of rotatable bonds is 7. The number of carbonyl (C=O) groups excluding carboxylic acids is 1. The molecule has 11 nitrogen and oxygen atoms in total. The third-order valence-electron chi connectivity index (χ3n) is 5.53. The van der Waals surface area contributed by atoms with E-state index in [-0.39, 0.29) is 38.6 Å². The van der Waals surface area contributed by atoms with Gasteiger partial charge in [0.25, 0.3) is 5.91 Å². The zero-order valence-electron chi connectivity index (χ0n) is 18.3. The quantitative estimate of drug-likeness (QED) is 0.494. The number of benzene rings is 1. The van der Waals surface area contributed by atoms with Gasteiger partial charge >= 0.3 is 0 Å². The standard InChI is InChI=1S/C21H21F3N8O3/c22-15-5-17(31-2-4-35-11-19(31)34)21(24)14(20(15)23)9-32-18-10-30(12-25-16(18)7-27-32)28-13-6-26-29(8-13)1-3-33/h5-8,10,12,27-28,33H,1-4,9,11H2. The number of fused-ring (bicyclic) bond motifs is 1. The van der Waals surface area contributed by atoms with E-state index in [0.717, 1.165) is 4.90 Å². The summed E-state index contributed by atoms with van der Waals surface area (Å²) in [5.74, 6) is -4.17. The van der Waals surface area contributed by atoms with Gasteiger partial charge in [-0.2, -0.15) is 5.10 Å². The number of anilines is 2. The topological polar surface area (TPSA) is 110 Å². The minimum Gasteiger partial charge on any atom is -0.394 e. The van der Waals surface area contributed by atoms with Gasteiger partial charge in [-0.3, -0.25) is 19.9 Å². The second-order valence-corrected chi connectivity index (χ2v) is 7.82. The fourth-order valence-electron chi connectivity index (χ4n) is 3.84. The highest BCUT2D eigenvalue weighted by Crippen LogP contribution is 2.32. The van der Waals surface area contributed by atoms with Gasteiger partial charge in [0, 0.05) is 25.0 Å². The maximum Gasteiger partial charge on any atom is 0.253 e. The van der Waals surface area contributed by atoms with Crippen LogP contribution in [0, 0.1) is 17.5 Å². The van der Waals surface area contributed by atoms with Crippen molar-refractivity contribution >= 4 is 23.6 Å². The molecule has 4 heterocycles. The number of ether oxygens (including phenoxy) is 1. The van der Waals surface area contributed by atoms with Gasteiger partial charge in [0.1, 0.15) is 24.3 Å². The number of aromatic nitrogens is 2. The number of carbonyl (C=O) groups is 1. The molecule has 1 aromatic heterocycles. The molecule has 0 bridgehead atoms. The number of aliphatic imine (C=N–C) groups is 1. The molecule has 3 N–H and O–H groups in total. The molecule has 0 spiro atoms. The van der Waals surface area contributed by atoms with Gasteiger partial charge in [-0.05, 0) is 0 Å².